The molecule has 26 nitrogen and oxygen atoms in total. The van der Waals surface area contributed by atoms with Crippen molar-refractivity contribution in [2.45, 2.75) is 127 Å². The van der Waals surface area contributed by atoms with Crippen LogP contribution in [-0.4, -0.2) is 162 Å². The number of hydrogen-bond donors (Lipinski definition) is 6. The molecule has 360 valence electrons. The lowest BCUT2D eigenvalue weighted by Crippen LogP contribution is -2.83. The minimum Gasteiger partial charge on any atom is -0.465 e. The maximum Gasteiger partial charge on any atom is 0.367 e. The second-order valence-electron chi connectivity index (χ2n) is 14.9. The number of ketones is 4. The minimum atomic E-state index is -3.97. The number of carbonyl (C=O) groups excluding carboxylic acids is 9. The molecule has 0 aliphatic carbocycles. The van der Waals surface area contributed by atoms with Crippen LogP contribution in [0.15, 0.2) is 29.7 Å². The number of esters is 3. The first-order chi connectivity index (χ1) is 30.1. The van der Waals surface area contributed by atoms with Gasteiger partial charge in [-0.3, -0.25) is 47.4 Å². The lowest BCUT2D eigenvalue weighted by Gasteiger charge is -2.56. The monoisotopic (exact) mass is 946 g/mol. The van der Waals surface area contributed by atoms with Crippen LogP contribution in [0.1, 0.15) is 68.0 Å². The van der Waals surface area contributed by atoms with Gasteiger partial charge in [-0.05, 0) is 33.8 Å². The van der Waals surface area contributed by atoms with Gasteiger partial charge in [0.1, 0.15) is 18.0 Å². The van der Waals surface area contributed by atoms with Crippen molar-refractivity contribution in [3.05, 3.63) is 35.4 Å². The summed E-state index contributed by atoms with van der Waals surface area (Å²) in [5, 5.41) is 51.8. The van der Waals surface area contributed by atoms with E-state index in [-0.39, 0.29) is 5.82 Å². The fourth-order valence-corrected chi connectivity index (χ4v) is 8.26. The molecule has 0 radical (unpaired) electrons. The van der Waals surface area contributed by atoms with Crippen LogP contribution in [0, 0.1) is 0 Å². The lowest BCUT2D eigenvalue weighted by molar-refractivity contribution is -0.322. The summed E-state index contributed by atoms with van der Waals surface area (Å²) in [4.78, 5) is 133. The first kappa shape index (κ1) is 54.1. The highest BCUT2D eigenvalue weighted by Gasteiger charge is 2.74. The van der Waals surface area contributed by atoms with Gasteiger partial charge in [-0.1, -0.05) is 6.08 Å². The van der Waals surface area contributed by atoms with Crippen LogP contribution in [-0.2, 0) is 80.4 Å². The van der Waals surface area contributed by atoms with Crippen molar-refractivity contribution in [1.82, 2.24) is 14.9 Å². The Morgan fingerprint density at radius 3 is 2.03 bits per heavy atom. The number of aromatic nitrogens is 2. The smallest absolute Gasteiger partial charge is 0.367 e. The summed E-state index contributed by atoms with van der Waals surface area (Å²) < 4.78 is 46.0. The van der Waals surface area contributed by atoms with Gasteiger partial charge in [-0.2, -0.15) is 4.98 Å². The third-order valence-corrected chi connectivity index (χ3v) is 11.3. The highest BCUT2D eigenvalue weighted by Crippen LogP contribution is 2.53. The molecule has 65 heavy (non-hydrogen) atoms. The van der Waals surface area contributed by atoms with Gasteiger partial charge in [-0.15, -0.1) is 6.58 Å². The normalized spacial score (nSPS) is 27.9. The summed E-state index contributed by atoms with van der Waals surface area (Å²) >= 11 is 0. The van der Waals surface area contributed by atoms with Crippen molar-refractivity contribution >= 4 is 67.3 Å². The summed E-state index contributed by atoms with van der Waals surface area (Å²) in [6.07, 6.45) is -11.4. The summed E-state index contributed by atoms with van der Waals surface area (Å²) in [5.41, 5.74) is -12.1. The number of carbonyl (C=O) groups is 9. The number of Topliss-reactive ketones (excluding diaryl/α,β-unsaturated/α-hetero) is 4. The fourth-order valence-electron chi connectivity index (χ4n) is 7.16. The molecule has 0 bridgehead atoms. The Balaban J connectivity index is 2.27. The molecule has 0 aromatic carbocycles. The molecule has 3 rings (SSSR count). The number of nitrogens with zero attached hydrogens (tertiary/aromatic N) is 2. The van der Waals surface area contributed by atoms with E-state index in [1.165, 1.54) is 6.07 Å². The van der Waals surface area contributed by atoms with Gasteiger partial charge in [-0.25, -0.2) is 9.59 Å². The van der Waals surface area contributed by atoms with Crippen molar-refractivity contribution in [1.29, 1.82) is 0 Å². The summed E-state index contributed by atoms with van der Waals surface area (Å²) in [6, 6.07) is -1.22. The Bertz CT molecular complexity index is 2130. The predicted octanol–water partition coefficient (Wildman–Crippen LogP) is -2.50. The largest absolute Gasteiger partial charge is 0.465 e. The average molecular weight is 947 g/mol. The Labute approximate surface area is 370 Å². The van der Waals surface area contributed by atoms with E-state index in [2.05, 4.69) is 22.2 Å². The quantitative estimate of drug-likeness (QED) is 0.0321. The maximum absolute atomic E-state index is 14.0. The van der Waals surface area contributed by atoms with Crippen molar-refractivity contribution in [2.75, 3.05) is 25.6 Å². The topological polar surface area (TPSA) is 367 Å². The van der Waals surface area contributed by atoms with E-state index in [0.29, 0.717) is 20.8 Å². The van der Waals surface area contributed by atoms with E-state index >= 15 is 0 Å². The zero-order valence-electron chi connectivity index (χ0n) is 36.6. The lowest BCUT2D eigenvalue weighted by atomic mass is 9.64. The van der Waals surface area contributed by atoms with Crippen LogP contribution in [0.25, 0.3) is 0 Å². The first-order valence-electron chi connectivity index (χ1n) is 19.2. The molecule has 2 saturated heterocycles. The van der Waals surface area contributed by atoms with Crippen molar-refractivity contribution < 1.29 is 101 Å². The van der Waals surface area contributed by atoms with Gasteiger partial charge in [0.15, 0.2) is 64.5 Å². The number of nitrogens with one attached hydrogen (secondary N) is 2. The van der Waals surface area contributed by atoms with Crippen molar-refractivity contribution in [3.8, 4) is 0 Å². The molecule has 2 aliphatic heterocycles. The Hall–Kier alpha value is -5.28. The number of methoxy groups -OCH3 is 1. The van der Waals surface area contributed by atoms with Crippen LogP contribution in [0.2, 0.25) is 0 Å². The van der Waals surface area contributed by atoms with Gasteiger partial charge in [0.2, 0.25) is 11.8 Å². The highest BCUT2D eigenvalue weighted by molar-refractivity contribution is 7.41. The average Bonchev–Trinajstić information content (AvgIpc) is 3.52. The first-order valence-corrected chi connectivity index (χ1v) is 20.3. The molecule has 2 aliphatic rings. The third-order valence-electron chi connectivity index (χ3n) is 10.1. The van der Waals surface area contributed by atoms with E-state index in [1.807, 2.05) is 0 Å². The van der Waals surface area contributed by atoms with Gasteiger partial charge in [0, 0.05) is 33.9 Å². The Morgan fingerprint density at radius 1 is 0.969 bits per heavy atom. The zero-order valence-corrected chi connectivity index (χ0v) is 37.5. The van der Waals surface area contributed by atoms with Crippen LogP contribution >= 0.6 is 8.60 Å². The summed E-state index contributed by atoms with van der Waals surface area (Å²) in [6.45, 7) is 8.65. The summed E-state index contributed by atoms with van der Waals surface area (Å²) in [5.74, 6) is -14.8. The second kappa shape index (κ2) is 21.4. The van der Waals surface area contributed by atoms with Gasteiger partial charge in [0.05, 0.1) is 32.8 Å². The van der Waals surface area contributed by atoms with Crippen LogP contribution < -0.4 is 16.3 Å². The molecule has 2 amide bonds. The SMILES string of the molecule is C=CCOP(OC[C@H]1O[C@@H](n2ccc(NC(C)=O)nc2=O)[C@H](OC(C)=O)[C@@H]1OC(C)=O)O[C@@]1(C(=O)OC)C[C@@](O)(C(C)=O)[C@@H](NC(C)=O)[C@H]([C@@](O)(C(C)=O)[C@@](O)(C(C)=O)C(O)C(C)=O)O1. The van der Waals surface area contributed by atoms with Crippen LogP contribution in [0.3, 0.4) is 0 Å². The second-order valence-corrected chi connectivity index (χ2v) is 16.0. The molecule has 1 aromatic rings. The fraction of sp³-hybridized carbons (Fsp3) is 0.605. The van der Waals surface area contributed by atoms with E-state index in [0.717, 1.165) is 58.6 Å². The number of aliphatic hydroxyl groups excluding tert-OH is 1. The van der Waals surface area contributed by atoms with Gasteiger partial charge in [0.25, 0.3) is 5.79 Å². The molecular weight excluding hydrogens is 895 g/mol. The number of aliphatic hydroxyl groups is 4. The number of amides is 2. The Morgan fingerprint density at radius 2 is 1.57 bits per heavy atom. The number of rotatable bonds is 21. The Kier molecular flexibility index (Phi) is 17.8. The number of hydrogen-bond acceptors (Lipinski definition) is 23. The molecule has 27 heteroatoms. The zero-order chi connectivity index (χ0) is 49.6. The van der Waals surface area contributed by atoms with Crippen molar-refractivity contribution in [3.63, 3.8) is 0 Å². The number of anilines is 1. The molecule has 0 saturated carbocycles. The van der Waals surface area contributed by atoms with Gasteiger partial charge >= 0.3 is 32.2 Å². The molecule has 2 fully saturated rings. The van der Waals surface area contributed by atoms with E-state index in [9.17, 15) is 68.4 Å². The highest BCUT2D eigenvalue weighted by atomic mass is 31.2. The van der Waals surface area contributed by atoms with E-state index in [1.54, 1.807) is 0 Å². The molecule has 2 unspecified atom stereocenters. The molecule has 6 N–H and O–H groups in total. The molecular formula is C38H51N4O22P. The van der Waals surface area contributed by atoms with Crippen LogP contribution in [0.5, 0.6) is 0 Å². The molecule has 12 atom stereocenters. The third kappa shape index (κ3) is 11.2. The standard InChI is InChI=1S/C38H51N4O22P/c1-11-14-58-65(59-15-25-27(60-23(8)49)28(61-24(9)50)32(62-25)42-13-12-26(39-21(6)47)41-34(42)53)64-36(33(52)57-10)16-35(54,18(3)44)29(40-22(7)48)31(63-36)38(56,20(5)46)37(55,19(4)45)30(51)17(2)43/h11-13,25,27-32,51,54-56H,1,14-16H2,2-10H3,(H,40,48)(H,39,41,47,53)/t25-,27-,28-,29+,30?,31-,32-,35-,36-,37-,38+,65?/m1/s1. The maximum atomic E-state index is 14.0. The molecule has 1 aromatic heterocycles. The minimum absolute atomic E-state index is 0.158. The predicted molar refractivity (Wildman–Crippen MR) is 213 cm³/mol. The van der Waals surface area contributed by atoms with Gasteiger partial charge < -0.3 is 63.8 Å². The summed E-state index contributed by atoms with van der Waals surface area (Å²) in [7, 11) is -2.48. The van der Waals surface area contributed by atoms with Crippen LogP contribution in [0.4, 0.5) is 5.82 Å². The number of ether oxygens (including phenoxy) is 5. The molecule has 3 heterocycles. The molecule has 0 spiro atoms. The van der Waals surface area contributed by atoms with E-state index < -0.39 is 152 Å². The van der Waals surface area contributed by atoms with Crippen molar-refractivity contribution in [2.24, 2.45) is 0 Å². The van der Waals surface area contributed by atoms with E-state index in [4.69, 9.17) is 37.3 Å².